The highest BCUT2D eigenvalue weighted by Gasteiger charge is 2.32. The van der Waals surface area contributed by atoms with Gasteiger partial charge < -0.3 is 26.0 Å². The molecule has 1 aromatic heterocycles. The summed E-state index contributed by atoms with van der Waals surface area (Å²) in [7, 11) is 0. The number of benzene rings is 1. The van der Waals surface area contributed by atoms with Crippen LogP contribution >= 0.6 is 0 Å². The number of amides is 1. The van der Waals surface area contributed by atoms with Gasteiger partial charge in [0.25, 0.3) is 0 Å². The van der Waals surface area contributed by atoms with Crippen molar-refractivity contribution in [3.63, 3.8) is 0 Å². The van der Waals surface area contributed by atoms with E-state index in [0.29, 0.717) is 6.42 Å². The lowest BCUT2D eigenvalue weighted by Crippen LogP contribution is -2.45. The maximum atomic E-state index is 14.3. The van der Waals surface area contributed by atoms with Crippen LogP contribution in [0.1, 0.15) is 38.7 Å². The molecule has 1 aliphatic carbocycles. The van der Waals surface area contributed by atoms with Gasteiger partial charge in [-0.05, 0) is 57.4 Å². The van der Waals surface area contributed by atoms with Gasteiger partial charge in [0.2, 0.25) is 11.9 Å². The molecule has 4 rings (SSSR count). The number of carbonyl (C=O) groups excluding carboxylic acids is 1. The predicted octanol–water partition coefficient (Wildman–Crippen LogP) is 3.35. The molecule has 2 heterocycles. The van der Waals surface area contributed by atoms with Crippen LogP contribution in [0.2, 0.25) is 0 Å². The third-order valence-electron chi connectivity index (χ3n) is 6.16. The zero-order chi connectivity index (χ0) is 22.8. The van der Waals surface area contributed by atoms with Crippen molar-refractivity contribution in [1.82, 2.24) is 9.97 Å². The first-order chi connectivity index (χ1) is 15.3. The van der Waals surface area contributed by atoms with Gasteiger partial charge in [-0.25, -0.2) is 9.37 Å². The van der Waals surface area contributed by atoms with Crippen LogP contribution in [-0.4, -0.2) is 47.2 Å². The minimum atomic E-state index is -0.562. The molecule has 2 aromatic rings. The second-order valence-electron chi connectivity index (χ2n) is 8.87. The zero-order valence-electron chi connectivity index (χ0n) is 18.8. The standard InChI is InChI=1S/C23H31FN6O2/c1-13-9-16(7-8-20(13)30-11-14(2)32-15(3)12-30)27-23-26-10-18(24)22(29-23)28-19-6-4-5-17(19)21(25)31/h7-10,14-15,17,19H,4-6,11-12H2,1-3H3,(H2,25,31)(H2,26,27,28,29). The average molecular weight is 443 g/mol. The Morgan fingerprint density at radius 2 is 2.00 bits per heavy atom. The molecule has 8 nitrogen and oxygen atoms in total. The number of hydrogen-bond donors (Lipinski definition) is 3. The van der Waals surface area contributed by atoms with Crippen LogP contribution in [0.3, 0.4) is 0 Å². The molecular weight excluding hydrogens is 411 g/mol. The number of aryl methyl sites for hydroxylation is 1. The molecule has 0 radical (unpaired) electrons. The third kappa shape index (κ3) is 4.93. The van der Waals surface area contributed by atoms with Gasteiger partial charge in [0.05, 0.1) is 24.3 Å². The topological polar surface area (TPSA) is 105 Å². The predicted molar refractivity (Wildman–Crippen MR) is 123 cm³/mol. The lowest BCUT2D eigenvalue weighted by molar-refractivity contribution is -0.121. The van der Waals surface area contributed by atoms with E-state index in [-0.39, 0.29) is 41.8 Å². The van der Waals surface area contributed by atoms with Gasteiger partial charge in [0.15, 0.2) is 11.6 Å². The molecule has 1 aromatic carbocycles. The van der Waals surface area contributed by atoms with E-state index in [1.165, 1.54) is 5.69 Å². The number of anilines is 4. The van der Waals surface area contributed by atoms with E-state index in [0.717, 1.165) is 43.4 Å². The molecule has 1 amide bonds. The maximum Gasteiger partial charge on any atom is 0.229 e. The van der Waals surface area contributed by atoms with E-state index in [9.17, 15) is 9.18 Å². The van der Waals surface area contributed by atoms with Crippen LogP contribution in [0.5, 0.6) is 0 Å². The van der Waals surface area contributed by atoms with Crippen molar-refractivity contribution >= 4 is 29.0 Å². The summed E-state index contributed by atoms with van der Waals surface area (Å²) in [6, 6.07) is 5.85. The first-order valence-electron chi connectivity index (χ1n) is 11.2. The Morgan fingerprint density at radius 3 is 2.69 bits per heavy atom. The van der Waals surface area contributed by atoms with Gasteiger partial charge in [0.1, 0.15) is 0 Å². The minimum Gasteiger partial charge on any atom is -0.372 e. The maximum absolute atomic E-state index is 14.3. The fourth-order valence-corrected chi connectivity index (χ4v) is 4.77. The lowest BCUT2D eigenvalue weighted by Gasteiger charge is -2.37. The number of nitrogens with one attached hydrogen (secondary N) is 2. The zero-order valence-corrected chi connectivity index (χ0v) is 18.8. The van der Waals surface area contributed by atoms with Crippen LogP contribution in [0, 0.1) is 18.7 Å². The molecule has 0 bridgehead atoms. The van der Waals surface area contributed by atoms with Crippen LogP contribution in [0.15, 0.2) is 24.4 Å². The largest absolute Gasteiger partial charge is 0.372 e. The summed E-state index contributed by atoms with van der Waals surface area (Å²) in [5.41, 5.74) is 8.58. The van der Waals surface area contributed by atoms with Crippen molar-refractivity contribution in [3.05, 3.63) is 35.8 Å². The number of hydrogen-bond acceptors (Lipinski definition) is 7. The Bertz CT molecular complexity index is 977. The molecule has 172 valence electrons. The van der Waals surface area contributed by atoms with E-state index in [4.69, 9.17) is 10.5 Å². The first kappa shape index (κ1) is 22.3. The Labute approximate surface area is 187 Å². The summed E-state index contributed by atoms with van der Waals surface area (Å²) in [5.74, 6) is -0.893. The van der Waals surface area contributed by atoms with E-state index in [1.54, 1.807) is 0 Å². The van der Waals surface area contributed by atoms with E-state index >= 15 is 0 Å². The van der Waals surface area contributed by atoms with E-state index in [1.807, 2.05) is 12.1 Å². The second kappa shape index (κ2) is 9.28. The number of nitrogens with two attached hydrogens (primary N) is 1. The van der Waals surface area contributed by atoms with Gasteiger partial charge in [-0.3, -0.25) is 4.79 Å². The van der Waals surface area contributed by atoms with Crippen LogP contribution < -0.4 is 21.3 Å². The highest BCUT2D eigenvalue weighted by atomic mass is 19.1. The number of morpholine rings is 1. The smallest absolute Gasteiger partial charge is 0.229 e. The molecule has 4 unspecified atom stereocenters. The Hall–Kier alpha value is -2.94. The fourth-order valence-electron chi connectivity index (χ4n) is 4.77. The number of nitrogens with zero attached hydrogens (tertiary/aromatic N) is 3. The van der Waals surface area contributed by atoms with Crippen molar-refractivity contribution in [3.8, 4) is 0 Å². The summed E-state index contributed by atoms with van der Waals surface area (Å²) in [4.78, 5) is 22.3. The summed E-state index contributed by atoms with van der Waals surface area (Å²) in [6.45, 7) is 7.93. The fraction of sp³-hybridized carbons (Fsp3) is 0.522. The van der Waals surface area contributed by atoms with Crippen molar-refractivity contribution in [1.29, 1.82) is 0 Å². The minimum absolute atomic E-state index is 0.0743. The van der Waals surface area contributed by atoms with Gasteiger partial charge >= 0.3 is 0 Å². The summed E-state index contributed by atoms with van der Waals surface area (Å²) < 4.78 is 20.2. The SMILES string of the molecule is Cc1cc(Nc2ncc(F)c(NC3CCCC3C(N)=O)n2)ccc1N1CC(C)OC(C)C1. The molecule has 32 heavy (non-hydrogen) atoms. The summed E-state index contributed by atoms with van der Waals surface area (Å²) in [6.07, 6.45) is 3.82. The Morgan fingerprint density at radius 1 is 1.25 bits per heavy atom. The van der Waals surface area contributed by atoms with Crippen LogP contribution in [0.25, 0.3) is 0 Å². The average Bonchev–Trinajstić information content (AvgIpc) is 3.18. The second-order valence-corrected chi connectivity index (χ2v) is 8.87. The number of carbonyl (C=O) groups is 1. The Balaban J connectivity index is 1.48. The van der Waals surface area contributed by atoms with Crippen LogP contribution in [0.4, 0.5) is 27.5 Å². The van der Waals surface area contributed by atoms with Gasteiger partial charge in [-0.1, -0.05) is 6.42 Å². The van der Waals surface area contributed by atoms with Crippen LogP contribution in [-0.2, 0) is 9.53 Å². The number of halogens is 1. The van der Waals surface area contributed by atoms with Crippen molar-refractivity contribution in [2.45, 2.75) is 58.3 Å². The molecule has 4 atom stereocenters. The van der Waals surface area contributed by atoms with Gasteiger partial charge in [0, 0.05) is 30.5 Å². The number of aromatic nitrogens is 2. The lowest BCUT2D eigenvalue weighted by atomic mass is 10.0. The molecule has 1 saturated carbocycles. The van der Waals surface area contributed by atoms with Gasteiger partial charge in [-0.2, -0.15) is 4.98 Å². The first-order valence-corrected chi connectivity index (χ1v) is 11.2. The molecule has 2 aliphatic rings. The Kier molecular flexibility index (Phi) is 6.45. The summed E-state index contributed by atoms with van der Waals surface area (Å²) in [5, 5.41) is 6.21. The number of primary amides is 1. The van der Waals surface area contributed by atoms with E-state index < -0.39 is 5.82 Å². The third-order valence-corrected chi connectivity index (χ3v) is 6.16. The molecule has 4 N–H and O–H groups in total. The van der Waals surface area contributed by atoms with Crippen molar-refractivity contribution in [2.75, 3.05) is 28.6 Å². The van der Waals surface area contributed by atoms with Crippen molar-refractivity contribution < 1.29 is 13.9 Å². The normalized spacial score (nSPS) is 25.6. The number of rotatable bonds is 6. The quantitative estimate of drug-likeness (QED) is 0.630. The molecule has 9 heteroatoms. The number of ether oxygens (including phenoxy) is 1. The molecule has 1 saturated heterocycles. The molecule has 2 fully saturated rings. The summed E-state index contributed by atoms with van der Waals surface area (Å²) >= 11 is 0. The molecule has 0 spiro atoms. The molecule has 1 aliphatic heterocycles. The van der Waals surface area contributed by atoms with Crippen molar-refractivity contribution in [2.24, 2.45) is 11.7 Å². The highest BCUT2D eigenvalue weighted by molar-refractivity contribution is 5.78. The highest BCUT2D eigenvalue weighted by Crippen LogP contribution is 2.30. The monoisotopic (exact) mass is 442 g/mol. The molecular formula is C23H31FN6O2. The van der Waals surface area contributed by atoms with Gasteiger partial charge in [-0.15, -0.1) is 0 Å². The van der Waals surface area contributed by atoms with E-state index in [2.05, 4.69) is 52.3 Å².